The van der Waals surface area contributed by atoms with Crippen molar-refractivity contribution in [1.29, 1.82) is 0 Å². The van der Waals surface area contributed by atoms with Crippen molar-refractivity contribution in [2.24, 2.45) is 0 Å². The molecule has 0 fully saturated rings. The SMILES string of the molecule is CCc1c(-c2ccccc2C)[nH]n(C(C)(C)C)c1=O. The molecule has 3 nitrogen and oxygen atoms in total. The summed E-state index contributed by atoms with van der Waals surface area (Å²) >= 11 is 0. The van der Waals surface area contributed by atoms with Gasteiger partial charge in [0.2, 0.25) is 0 Å². The molecular weight excluding hydrogens is 236 g/mol. The highest BCUT2D eigenvalue weighted by atomic mass is 16.1. The summed E-state index contributed by atoms with van der Waals surface area (Å²) in [5, 5.41) is 3.30. The van der Waals surface area contributed by atoms with Crippen LogP contribution in [0.5, 0.6) is 0 Å². The van der Waals surface area contributed by atoms with Crippen LogP contribution in [0.1, 0.15) is 38.8 Å². The van der Waals surface area contributed by atoms with E-state index in [9.17, 15) is 4.79 Å². The van der Waals surface area contributed by atoms with Gasteiger partial charge in [-0.25, -0.2) is 4.68 Å². The number of benzene rings is 1. The Morgan fingerprint density at radius 2 is 1.84 bits per heavy atom. The maximum atomic E-state index is 12.5. The molecule has 2 aromatic rings. The van der Waals surface area contributed by atoms with Gasteiger partial charge in [-0.05, 0) is 39.7 Å². The third kappa shape index (κ3) is 2.37. The number of nitrogens with zero attached hydrogens (tertiary/aromatic N) is 1. The molecule has 1 aromatic carbocycles. The Hall–Kier alpha value is -1.77. The summed E-state index contributed by atoms with van der Waals surface area (Å²) < 4.78 is 1.73. The summed E-state index contributed by atoms with van der Waals surface area (Å²) in [5.74, 6) is 0. The second kappa shape index (κ2) is 4.72. The van der Waals surface area contributed by atoms with Crippen molar-refractivity contribution in [1.82, 2.24) is 9.78 Å². The Bertz CT molecular complexity index is 641. The van der Waals surface area contributed by atoms with Crippen LogP contribution in [-0.4, -0.2) is 9.78 Å². The summed E-state index contributed by atoms with van der Waals surface area (Å²) in [5.41, 5.74) is 3.97. The fourth-order valence-electron chi connectivity index (χ4n) is 2.35. The van der Waals surface area contributed by atoms with E-state index >= 15 is 0 Å². The zero-order valence-corrected chi connectivity index (χ0v) is 12.4. The molecule has 0 saturated heterocycles. The Balaban J connectivity index is 2.72. The molecule has 0 aliphatic carbocycles. The number of H-pyrrole nitrogens is 1. The van der Waals surface area contributed by atoms with E-state index in [1.165, 1.54) is 5.56 Å². The van der Waals surface area contributed by atoms with E-state index < -0.39 is 0 Å². The minimum absolute atomic E-state index is 0.0910. The molecule has 0 bridgehead atoms. The molecule has 1 heterocycles. The highest BCUT2D eigenvalue weighted by molar-refractivity contribution is 5.66. The number of nitrogens with one attached hydrogen (secondary N) is 1. The lowest BCUT2D eigenvalue weighted by Gasteiger charge is -2.19. The first kappa shape index (κ1) is 13.7. The smallest absolute Gasteiger partial charge is 0.270 e. The average molecular weight is 258 g/mol. The Labute approximate surface area is 114 Å². The van der Waals surface area contributed by atoms with Crippen LogP contribution in [0.25, 0.3) is 11.3 Å². The molecule has 0 amide bonds. The molecule has 2 rings (SSSR count). The minimum atomic E-state index is -0.234. The van der Waals surface area contributed by atoms with Crippen LogP contribution in [-0.2, 0) is 12.0 Å². The van der Waals surface area contributed by atoms with Gasteiger partial charge in [-0.3, -0.25) is 9.89 Å². The summed E-state index contributed by atoms with van der Waals surface area (Å²) in [7, 11) is 0. The van der Waals surface area contributed by atoms with E-state index in [-0.39, 0.29) is 11.1 Å². The molecule has 0 radical (unpaired) electrons. The number of aromatic amines is 1. The largest absolute Gasteiger partial charge is 0.294 e. The molecule has 0 spiro atoms. The third-order valence-corrected chi connectivity index (χ3v) is 3.43. The molecule has 0 aliphatic heterocycles. The molecule has 0 unspecified atom stereocenters. The van der Waals surface area contributed by atoms with E-state index in [2.05, 4.69) is 24.2 Å². The van der Waals surface area contributed by atoms with Crippen LogP contribution >= 0.6 is 0 Å². The van der Waals surface area contributed by atoms with Gasteiger partial charge < -0.3 is 0 Å². The molecule has 102 valence electrons. The standard InChI is InChI=1S/C16H22N2O/c1-6-12-14(13-10-8-7-9-11(13)2)17-18(15(12)19)16(3,4)5/h7-10,17H,6H2,1-5H3. The van der Waals surface area contributed by atoms with Crippen LogP contribution in [0, 0.1) is 6.92 Å². The first-order valence-corrected chi connectivity index (χ1v) is 6.76. The number of aryl methyl sites for hydroxylation is 1. The summed E-state index contributed by atoms with van der Waals surface area (Å²) in [6.45, 7) is 10.2. The minimum Gasteiger partial charge on any atom is -0.294 e. The van der Waals surface area contributed by atoms with Gasteiger partial charge in [0.25, 0.3) is 5.56 Å². The second-order valence-corrected chi connectivity index (χ2v) is 5.95. The number of hydrogen-bond donors (Lipinski definition) is 1. The predicted molar refractivity (Wildman–Crippen MR) is 79.6 cm³/mol. The van der Waals surface area contributed by atoms with Gasteiger partial charge in [0.15, 0.2) is 0 Å². The van der Waals surface area contributed by atoms with Crippen molar-refractivity contribution in [3.63, 3.8) is 0 Å². The maximum absolute atomic E-state index is 12.5. The van der Waals surface area contributed by atoms with Crippen molar-refractivity contribution >= 4 is 0 Å². The van der Waals surface area contributed by atoms with Crippen molar-refractivity contribution in [2.75, 3.05) is 0 Å². The quantitative estimate of drug-likeness (QED) is 0.880. The molecule has 0 saturated carbocycles. The van der Waals surface area contributed by atoms with E-state index in [0.29, 0.717) is 0 Å². The lowest BCUT2D eigenvalue weighted by atomic mass is 10.0. The van der Waals surface area contributed by atoms with Crippen molar-refractivity contribution < 1.29 is 0 Å². The van der Waals surface area contributed by atoms with Crippen LogP contribution in [0.4, 0.5) is 0 Å². The van der Waals surface area contributed by atoms with Gasteiger partial charge in [-0.2, -0.15) is 0 Å². The molecule has 3 heteroatoms. The van der Waals surface area contributed by atoms with Crippen LogP contribution < -0.4 is 5.56 Å². The van der Waals surface area contributed by atoms with Crippen molar-refractivity contribution in [3.8, 4) is 11.3 Å². The highest BCUT2D eigenvalue weighted by Gasteiger charge is 2.22. The van der Waals surface area contributed by atoms with Gasteiger partial charge >= 0.3 is 0 Å². The van der Waals surface area contributed by atoms with Gasteiger partial charge in [-0.1, -0.05) is 31.2 Å². The lowest BCUT2D eigenvalue weighted by molar-refractivity contribution is 0.346. The van der Waals surface area contributed by atoms with Gasteiger partial charge in [0, 0.05) is 11.1 Å². The Morgan fingerprint density at radius 1 is 1.21 bits per heavy atom. The molecule has 0 aliphatic rings. The summed E-state index contributed by atoms with van der Waals surface area (Å²) in [6, 6.07) is 8.16. The average Bonchev–Trinajstić information content (AvgIpc) is 2.66. The van der Waals surface area contributed by atoms with E-state index in [4.69, 9.17) is 0 Å². The lowest BCUT2D eigenvalue weighted by Crippen LogP contribution is -2.33. The number of rotatable bonds is 2. The molecule has 19 heavy (non-hydrogen) atoms. The monoisotopic (exact) mass is 258 g/mol. The first-order valence-electron chi connectivity index (χ1n) is 6.76. The number of hydrogen-bond acceptors (Lipinski definition) is 1. The van der Waals surface area contributed by atoms with Gasteiger partial charge in [-0.15, -0.1) is 0 Å². The summed E-state index contributed by atoms with van der Waals surface area (Å²) in [6.07, 6.45) is 0.738. The van der Waals surface area contributed by atoms with E-state index in [1.807, 2.05) is 39.8 Å². The zero-order chi connectivity index (χ0) is 14.2. The molecule has 1 N–H and O–H groups in total. The second-order valence-electron chi connectivity index (χ2n) is 5.95. The Kier molecular flexibility index (Phi) is 3.40. The molecular formula is C16H22N2O. The first-order chi connectivity index (χ1) is 8.86. The van der Waals surface area contributed by atoms with Crippen molar-refractivity contribution in [3.05, 3.63) is 45.7 Å². The van der Waals surface area contributed by atoms with Gasteiger partial charge in [0.05, 0.1) is 11.2 Å². The molecule has 0 atom stereocenters. The fourth-order valence-corrected chi connectivity index (χ4v) is 2.35. The summed E-state index contributed by atoms with van der Waals surface area (Å²) in [4.78, 5) is 12.5. The van der Waals surface area contributed by atoms with Crippen molar-refractivity contribution in [2.45, 2.75) is 46.6 Å². The third-order valence-electron chi connectivity index (χ3n) is 3.43. The topological polar surface area (TPSA) is 37.8 Å². The Morgan fingerprint density at radius 3 is 2.37 bits per heavy atom. The van der Waals surface area contributed by atoms with Gasteiger partial charge in [0.1, 0.15) is 0 Å². The van der Waals surface area contributed by atoms with Crippen LogP contribution in [0.15, 0.2) is 29.1 Å². The van der Waals surface area contributed by atoms with E-state index in [0.717, 1.165) is 23.2 Å². The molecule has 1 aromatic heterocycles. The normalized spacial score (nSPS) is 11.8. The number of aromatic nitrogens is 2. The zero-order valence-electron chi connectivity index (χ0n) is 12.4. The maximum Gasteiger partial charge on any atom is 0.270 e. The van der Waals surface area contributed by atoms with Crippen LogP contribution in [0.2, 0.25) is 0 Å². The van der Waals surface area contributed by atoms with E-state index in [1.54, 1.807) is 4.68 Å². The predicted octanol–water partition coefficient (Wildman–Crippen LogP) is 3.47. The van der Waals surface area contributed by atoms with Crippen LogP contribution in [0.3, 0.4) is 0 Å². The highest BCUT2D eigenvalue weighted by Crippen LogP contribution is 2.25. The fraction of sp³-hybridized carbons (Fsp3) is 0.438.